The maximum Gasteiger partial charge on any atom is 0.227 e. The van der Waals surface area contributed by atoms with Gasteiger partial charge in [-0.3, -0.25) is 4.79 Å². The van der Waals surface area contributed by atoms with Gasteiger partial charge >= 0.3 is 0 Å². The number of hydrogen-bond acceptors (Lipinski definition) is 3. The third kappa shape index (κ3) is 4.58. The molecule has 0 radical (unpaired) electrons. The quantitative estimate of drug-likeness (QED) is 0.651. The van der Waals surface area contributed by atoms with Crippen LogP contribution in [0.3, 0.4) is 0 Å². The van der Waals surface area contributed by atoms with Crippen LogP contribution in [0.1, 0.15) is 52.4 Å². The molecular formula is C14H28N2O2. The van der Waals surface area contributed by atoms with Crippen LogP contribution in [0.5, 0.6) is 0 Å². The van der Waals surface area contributed by atoms with Crippen LogP contribution >= 0.6 is 0 Å². The van der Waals surface area contributed by atoms with Crippen molar-refractivity contribution in [2.45, 2.75) is 58.5 Å². The summed E-state index contributed by atoms with van der Waals surface area (Å²) in [7, 11) is 0. The molecule has 18 heavy (non-hydrogen) atoms. The highest BCUT2D eigenvalue weighted by atomic mass is 16.5. The summed E-state index contributed by atoms with van der Waals surface area (Å²) >= 11 is 0. The van der Waals surface area contributed by atoms with Crippen LogP contribution in [0.15, 0.2) is 0 Å². The number of ether oxygens (including phenoxy) is 1. The van der Waals surface area contributed by atoms with E-state index < -0.39 is 0 Å². The predicted molar refractivity (Wildman–Crippen MR) is 73.3 cm³/mol. The maximum absolute atomic E-state index is 12.1. The van der Waals surface area contributed by atoms with Crippen LogP contribution in [0, 0.1) is 5.41 Å². The second kappa shape index (κ2) is 7.74. The van der Waals surface area contributed by atoms with Gasteiger partial charge < -0.3 is 15.8 Å². The molecular weight excluding hydrogens is 228 g/mol. The van der Waals surface area contributed by atoms with Gasteiger partial charge in [0.2, 0.25) is 5.91 Å². The summed E-state index contributed by atoms with van der Waals surface area (Å²) < 4.78 is 5.46. The topological polar surface area (TPSA) is 64.3 Å². The number of unbranched alkanes of at least 4 members (excludes halogenated alkanes) is 1. The van der Waals surface area contributed by atoms with E-state index in [9.17, 15) is 4.79 Å². The van der Waals surface area contributed by atoms with Gasteiger partial charge in [-0.05, 0) is 39.5 Å². The van der Waals surface area contributed by atoms with Crippen molar-refractivity contribution in [3.8, 4) is 0 Å². The lowest BCUT2D eigenvalue weighted by Crippen LogP contribution is -2.44. The third-order valence-electron chi connectivity index (χ3n) is 3.74. The Bertz CT molecular complexity index is 248. The Kier molecular flexibility index (Phi) is 6.65. The molecule has 1 fully saturated rings. The predicted octanol–water partition coefficient (Wildman–Crippen LogP) is 1.83. The molecule has 3 N–H and O–H groups in total. The number of nitrogens with one attached hydrogen (secondary N) is 1. The van der Waals surface area contributed by atoms with Gasteiger partial charge in [0.1, 0.15) is 0 Å². The first-order valence-electron chi connectivity index (χ1n) is 7.21. The molecule has 106 valence electrons. The normalized spacial score (nSPS) is 18.2. The molecule has 1 amide bonds. The van der Waals surface area contributed by atoms with Crippen LogP contribution < -0.4 is 11.1 Å². The van der Waals surface area contributed by atoms with Crippen molar-refractivity contribution < 1.29 is 9.53 Å². The van der Waals surface area contributed by atoms with E-state index in [1.807, 2.05) is 13.8 Å². The first kappa shape index (κ1) is 15.4. The second-order valence-corrected chi connectivity index (χ2v) is 5.57. The summed E-state index contributed by atoms with van der Waals surface area (Å²) in [5, 5.41) is 3.03. The fourth-order valence-electron chi connectivity index (χ4n) is 2.51. The Morgan fingerprint density at radius 2 is 2.00 bits per heavy atom. The average molecular weight is 256 g/mol. The number of nitrogens with two attached hydrogens (primary N) is 1. The molecule has 0 heterocycles. The molecule has 0 saturated heterocycles. The van der Waals surface area contributed by atoms with Crippen molar-refractivity contribution >= 4 is 5.91 Å². The van der Waals surface area contributed by atoms with Gasteiger partial charge in [0.05, 0.1) is 11.5 Å². The van der Waals surface area contributed by atoms with Gasteiger partial charge in [-0.25, -0.2) is 0 Å². The Balaban J connectivity index is 2.13. The van der Waals surface area contributed by atoms with E-state index in [-0.39, 0.29) is 11.3 Å². The van der Waals surface area contributed by atoms with Crippen molar-refractivity contribution in [1.29, 1.82) is 0 Å². The Morgan fingerprint density at radius 1 is 1.33 bits per heavy atom. The summed E-state index contributed by atoms with van der Waals surface area (Å²) in [5.74, 6) is 0.160. The molecule has 0 unspecified atom stereocenters. The molecule has 4 nitrogen and oxygen atoms in total. The van der Waals surface area contributed by atoms with Crippen LogP contribution in [0.25, 0.3) is 0 Å². The van der Waals surface area contributed by atoms with Crippen LogP contribution in [-0.4, -0.2) is 31.7 Å². The Morgan fingerprint density at radius 3 is 2.56 bits per heavy atom. The van der Waals surface area contributed by atoms with Crippen molar-refractivity contribution in [1.82, 2.24) is 5.32 Å². The highest BCUT2D eigenvalue weighted by molar-refractivity contribution is 5.83. The zero-order chi connectivity index (χ0) is 13.4. The van der Waals surface area contributed by atoms with Crippen molar-refractivity contribution in [2.24, 2.45) is 11.1 Å². The minimum Gasteiger partial charge on any atom is -0.379 e. The van der Waals surface area contributed by atoms with Crippen molar-refractivity contribution in [2.75, 3.05) is 19.7 Å². The highest BCUT2D eigenvalue weighted by Gasteiger charge is 2.39. The van der Waals surface area contributed by atoms with E-state index in [1.165, 1.54) is 0 Å². The summed E-state index contributed by atoms with van der Waals surface area (Å²) in [5.41, 5.74) is 5.50. The van der Waals surface area contributed by atoms with Crippen LogP contribution in [-0.2, 0) is 9.53 Å². The van der Waals surface area contributed by atoms with Gasteiger partial charge in [0, 0.05) is 19.7 Å². The number of hydrogen-bond donors (Lipinski definition) is 2. The first-order chi connectivity index (χ1) is 8.60. The largest absolute Gasteiger partial charge is 0.379 e. The molecule has 1 saturated carbocycles. The number of carbonyl (C=O) groups is 1. The van der Waals surface area contributed by atoms with Crippen LogP contribution in [0.2, 0.25) is 0 Å². The molecule has 1 aliphatic rings. The molecule has 4 heteroatoms. The van der Waals surface area contributed by atoms with E-state index >= 15 is 0 Å². The monoisotopic (exact) mass is 256 g/mol. The molecule has 1 aliphatic carbocycles. The van der Waals surface area contributed by atoms with E-state index in [4.69, 9.17) is 10.5 Å². The van der Waals surface area contributed by atoms with Crippen LogP contribution in [0.4, 0.5) is 0 Å². The second-order valence-electron chi connectivity index (χ2n) is 5.57. The number of carbonyl (C=O) groups excluding carboxylic acids is 1. The molecule has 1 rings (SSSR count). The zero-order valence-corrected chi connectivity index (χ0v) is 11.8. The van der Waals surface area contributed by atoms with Gasteiger partial charge in [-0.1, -0.05) is 12.8 Å². The summed E-state index contributed by atoms with van der Waals surface area (Å²) in [6, 6.07) is 0. The standard InChI is InChI=1S/C14H28N2O2/c1-12(2)18-10-6-5-9-16-13(17)14(11-15)7-3-4-8-14/h12H,3-11,15H2,1-2H3,(H,16,17). The lowest BCUT2D eigenvalue weighted by atomic mass is 9.85. The Hall–Kier alpha value is -0.610. The molecule has 0 aromatic rings. The number of amides is 1. The number of rotatable bonds is 8. The molecule has 0 spiro atoms. The molecule has 0 bridgehead atoms. The van der Waals surface area contributed by atoms with Gasteiger partial charge in [0.15, 0.2) is 0 Å². The van der Waals surface area contributed by atoms with Crippen molar-refractivity contribution in [3.63, 3.8) is 0 Å². The maximum atomic E-state index is 12.1. The molecule has 0 aromatic heterocycles. The van der Waals surface area contributed by atoms with E-state index in [0.717, 1.165) is 51.7 Å². The van der Waals surface area contributed by atoms with E-state index in [1.54, 1.807) is 0 Å². The smallest absolute Gasteiger partial charge is 0.227 e. The van der Waals surface area contributed by atoms with E-state index in [2.05, 4.69) is 5.32 Å². The van der Waals surface area contributed by atoms with E-state index in [0.29, 0.717) is 12.6 Å². The van der Waals surface area contributed by atoms with Gasteiger partial charge in [-0.15, -0.1) is 0 Å². The minimum absolute atomic E-state index is 0.160. The highest BCUT2D eigenvalue weighted by Crippen LogP contribution is 2.37. The summed E-state index contributed by atoms with van der Waals surface area (Å²) in [6.45, 7) is 6.06. The molecule has 0 aromatic carbocycles. The first-order valence-corrected chi connectivity index (χ1v) is 7.21. The van der Waals surface area contributed by atoms with Gasteiger partial charge in [0.25, 0.3) is 0 Å². The van der Waals surface area contributed by atoms with Crippen molar-refractivity contribution in [3.05, 3.63) is 0 Å². The summed E-state index contributed by atoms with van der Waals surface area (Å²) in [6.07, 6.45) is 6.42. The lowest BCUT2D eigenvalue weighted by Gasteiger charge is -2.25. The lowest BCUT2D eigenvalue weighted by molar-refractivity contribution is -0.130. The SMILES string of the molecule is CC(C)OCCCCNC(=O)C1(CN)CCCC1. The average Bonchev–Trinajstić information content (AvgIpc) is 2.83. The zero-order valence-electron chi connectivity index (χ0n) is 11.8. The van der Waals surface area contributed by atoms with Gasteiger partial charge in [-0.2, -0.15) is 0 Å². The third-order valence-corrected chi connectivity index (χ3v) is 3.74. The molecule has 0 aliphatic heterocycles. The Labute approximate surface area is 111 Å². The molecule has 0 atom stereocenters. The fourth-order valence-corrected chi connectivity index (χ4v) is 2.51. The fraction of sp³-hybridized carbons (Fsp3) is 0.929. The minimum atomic E-state index is -0.269. The summed E-state index contributed by atoms with van der Waals surface area (Å²) in [4.78, 5) is 12.1.